The maximum atomic E-state index is 11.2. The van der Waals surface area contributed by atoms with Crippen molar-refractivity contribution in [1.82, 2.24) is 19.9 Å². The van der Waals surface area contributed by atoms with E-state index in [9.17, 15) is 4.79 Å². The van der Waals surface area contributed by atoms with Gasteiger partial charge in [0.25, 0.3) is 0 Å². The summed E-state index contributed by atoms with van der Waals surface area (Å²) in [5, 5.41) is 8.04. The van der Waals surface area contributed by atoms with Gasteiger partial charge in [0.1, 0.15) is 5.15 Å². The van der Waals surface area contributed by atoms with Crippen LogP contribution in [0.15, 0.2) is 36.4 Å². The average molecular weight is 335 g/mol. The molecule has 0 aliphatic rings. The molecule has 7 heteroatoms. The molecule has 1 N–H and O–H groups in total. The second kappa shape index (κ2) is 5.94. The van der Waals surface area contributed by atoms with Crippen LogP contribution >= 0.6 is 23.2 Å². The van der Waals surface area contributed by atoms with Gasteiger partial charge in [0.2, 0.25) is 5.91 Å². The van der Waals surface area contributed by atoms with Gasteiger partial charge in [0.05, 0.1) is 17.9 Å². The first-order chi connectivity index (χ1) is 10.5. The fourth-order valence-electron chi connectivity index (χ4n) is 2.16. The van der Waals surface area contributed by atoms with Crippen LogP contribution in [0.4, 0.5) is 0 Å². The lowest BCUT2D eigenvalue weighted by Crippen LogP contribution is -2.20. The van der Waals surface area contributed by atoms with E-state index in [1.807, 2.05) is 12.1 Å². The lowest BCUT2D eigenvalue weighted by molar-refractivity contribution is -0.119. The van der Waals surface area contributed by atoms with Crippen LogP contribution < -0.4 is 5.32 Å². The summed E-state index contributed by atoms with van der Waals surface area (Å²) in [5.41, 5.74) is 3.05. The quantitative estimate of drug-likeness (QED) is 0.799. The number of nitrogens with zero attached hydrogens (tertiary/aromatic N) is 3. The molecule has 22 heavy (non-hydrogen) atoms. The zero-order valence-electron chi connectivity index (χ0n) is 11.7. The van der Waals surface area contributed by atoms with Crippen LogP contribution in [0.1, 0.15) is 12.6 Å². The molecule has 0 aliphatic carbocycles. The first-order valence-corrected chi connectivity index (χ1v) is 7.35. The van der Waals surface area contributed by atoms with Gasteiger partial charge in [0, 0.05) is 17.5 Å². The van der Waals surface area contributed by atoms with Gasteiger partial charge in [-0.25, -0.2) is 9.50 Å². The second-order valence-corrected chi connectivity index (χ2v) is 5.57. The van der Waals surface area contributed by atoms with Crippen LogP contribution in [0.2, 0.25) is 10.2 Å². The molecule has 3 rings (SSSR count). The van der Waals surface area contributed by atoms with Gasteiger partial charge in [-0.1, -0.05) is 35.3 Å². The molecular formula is C15H12Cl2N4O. The van der Waals surface area contributed by atoms with Crippen LogP contribution in [0.5, 0.6) is 0 Å². The lowest BCUT2D eigenvalue weighted by Gasteiger charge is -2.05. The van der Waals surface area contributed by atoms with E-state index in [0.29, 0.717) is 22.4 Å². The summed E-state index contributed by atoms with van der Waals surface area (Å²) in [4.78, 5) is 15.8. The van der Waals surface area contributed by atoms with E-state index in [1.165, 1.54) is 6.92 Å². The van der Waals surface area contributed by atoms with Crippen LogP contribution in [0.3, 0.4) is 0 Å². The van der Waals surface area contributed by atoms with Crippen molar-refractivity contribution in [2.24, 2.45) is 0 Å². The predicted molar refractivity (Wildman–Crippen MR) is 86.0 cm³/mol. The van der Waals surface area contributed by atoms with Crippen molar-refractivity contribution in [3.8, 4) is 11.3 Å². The standard InChI is InChI=1S/C15H12Cl2N4O/c1-9(22)18-8-12-15(10-2-4-11(16)5-3-10)19-14-7-6-13(17)20-21(12)14/h2-7H,8H2,1H3,(H,18,22). The van der Waals surface area contributed by atoms with E-state index in [-0.39, 0.29) is 5.91 Å². The molecule has 112 valence electrons. The van der Waals surface area contributed by atoms with Crippen LogP contribution in [0, 0.1) is 0 Å². The Morgan fingerprint density at radius 1 is 1.18 bits per heavy atom. The van der Waals surface area contributed by atoms with Gasteiger partial charge in [-0.05, 0) is 24.3 Å². The van der Waals surface area contributed by atoms with Gasteiger partial charge >= 0.3 is 0 Å². The molecule has 3 aromatic rings. The molecule has 2 aromatic heterocycles. The highest BCUT2D eigenvalue weighted by Crippen LogP contribution is 2.26. The number of fused-ring (bicyclic) bond motifs is 1. The molecule has 1 amide bonds. The van der Waals surface area contributed by atoms with Gasteiger partial charge in [-0.2, -0.15) is 5.10 Å². The molecule has 2 heterocycles. The molecule has 0 saturated heterocycles. The average Bonchev–Trinajstić information content (AvgIpc) is 2.83. The van der Waals surface area contributed by atoms with Gasteiger partial charge in [0.15, 0.2) is 5.65 Å². The second-order valence-electron chi connectivity index (χ2n) is 4.75. The molecular weight excluding hydrogens is 323 g/mol. The Bertz CT molecular complexity index is 843. The third-order valence-electron chi connectivity index (χ3n) is 3.16. The number of imidazole rings is 1. The van der Waals surface area contributed by atoms with Crippen molar-refractivity contribution in [2.75, 3.05) is 0 Å². The molecule has 1 aromatic carbocycles. The summed E-state index contributed by atoms with van der Waals surface area (Å²) in [7, 11) is 0. The van der Waals surface area contributed by atoms with Gasteiger partial charge < -0.3 is 5.32 Å². The zero-order valence-corrected chi connectivity index (χ0v) is 13.2. The number of benzene rings is 1. The van der Waals surface area contributed by atoms with Crippen LogP contribution in [0.25, 0.3) is 16.9 Å². The van der Waals surface area contributed by atoms with Crippen molar-refractivity contribution in [3.63, 3.8) is 0 Å². The molecule has 5 nitrogen and oxygen atoms in total. The molecule has 0 bridgehead atoms. The zero-order chi connectivity index (χ0) is 15.7. The Hall–Kier alpha value is -2.11. The molecule has 0 radical (unpaired) electrons. The van der Waals surface area contributed by atoms with Crippen molar-refractivity contribution in [2.45, 2.75) is 13.5 Å². The molecule has 0 unspecified atom stereocenters. The Balaban J connectivity index is 2.16. The van der Waals surface area contributed by atoms with Gasteiger partial charge in [-0.3, -0.25) is 4.79 Å². The number of amides is 1. The van der Waals surface area contributed by atoms with E-state index >= 15 is 0 Å². The maximum absolute atomic E-state index is 11.2. The third-order valence-corrected chi connectivity index (χ3v) is 3.61. The van der Waals surface area contributed by atoms with E-state index in [0.717, 1.165) is 17.0 Å². The first kappa shape index (κ1) is 14.8. The van der Waals surface area contributed by atoms with E-state index in [2.05, 4.69) is 15.4 Å². The Kier molecular flexibility index (Phi) is 4.00. The first-order valence-electron chi connectivity index (χ1n) is 6.59. The predicted octanol–water partition coefficient (Wildman–Crippen LogP) is 3.34. The minimum absolute atomic E-state index is 0.126. The number of carbonyl (C=O) groups is 1. The summed E-state index contributed by atoms with van der Waals surface area (Å²) in [6.07, 6.45) is 0. The number of hydrogen-bond donors (Lipinski definition) is 1. The molecule has 0 aliphatic heterocycles. The number of nitrogens with one attached hydrogen (secondary N) is 1. The summed E-state index contributed by atoms with van der Waals surface area (Å²) < 4.78 is 1.64. The number of aromatic nitrogens is 3. The van der Waals surface area contributed by atoms with E-state index in [1.54, 1.807) is 28.8 Å². The summed E-state index contributed by atoms with van der Waals surface area (Å²) in [5.74, 6) is -0.126. The number of halogens is 2. The van der Waals surface area contributed by atoms with Crippen molar-refractivity contribution >= 4 is 34.8 Å². The Labute approximate surface area is 136 Å². The van der Waals surface area contributed by atoms with Crippen molar-refractivity contribution in [1.29, 1.82) is 0 Å². The minimum Gasteiger partial charge on any atom is -0.351 e. The van der Waals surface area contributed by atoms with E-state index < -0.39 is 0 Å². The monoisotopic (exact) mass is 334 g/mol. The minimum atomic E-state index is -0.126. The highest BCUT2D eigenvalue weighted by atomic mass is 35.5. The maximum Gasteiger partial charge on any atom is 0.217 e. The number of carbonyl (C=O) groups excluding carboxylic acids is 1. The number of hydrogen-bond acceptors (Lipinski definition) is 3. The van der Waals surface area contributed by atoms with Crippen LogP contribution in [-0.2, 0) is 11.3 Å². The third kappa shape index (κ3) is 2.91. The summed E-state index contributed by atoms with van der Waals surface area (Å²) >= 11 is 11.9. The Morgan fingerprint density at radius 2 is 1.91 bits per heavy atom. The smallest absolute Gasteiger partial charge is 0.217 e. The van der Waals surface area contributed by atoms with Crippen molar-refractivity contribution < 1.29 is 4.79 Å². The SMILES string of the molecule is CC(=O)NCc1c(-c2ccc(Cl)cc2)nc2ccc(Cl)nn12. The fourth-order valence-corrected chi connectivity index (χ4v) is 2.43. The highest BCUT2D eigenvalue weighted by Gasteiger charge is 2.15. The summed E-state index contributed by atoms with van der Waals surface area (Å²) in [6, 6.07) is 10.8. The summed E-state index contributed by atoms with van der Waals surface area (Å²) in [6.45, 7) is 1.77. The lowest BCUT2D eigenvalue weighted by atomic mass is 10.1. The largest absolute Gasteiger partial charge is 0.351 e. The highest BCUT2D eigenvalue weighted by molar-refractivity contribution is 6.30. The molecule has 0 atom stereocenters. The topological polar surface area (TPSA) is 59.3 Å². The number of rotatable bonds is 3. The fraction of sp³-hybridized carbons (Fsp3) is 0.133. The van der Waals surface area contributed by atoms with Gasteiger partial charge in [-0.15, -0.1) is 0 Å². The van der Waals surface area contributed by atoms with E-state index in [4.69, 9.17) is 23.2 Å². The normalized spacial score (nSPS) is 10.9. The van der Waals surface area contributed by atoms with Crippen molar-refractivity contribution in [3.05, 3.63) is 52.3 Å². The van der Waals surface area contributed by atoms with Crippen LogP contribution in [-0.4, -0.2) is 20.5 Å². The molecule has 0 saturated carbocycles. The molecule has 0 fully saturated rings. The molecule has 0 spiro atoms. The Morgan fingerprint density at radius 3 is 2.59 bits per heavy atom.